The maximum atomic E-state index is 12.8. The topological polar surface area (TPSA) is 96.0 Å². The van der Waals surface area contributed by atoms with Crippen LogP contribution in [0.3, 0.4) is 0 Å². The number of aromatic nitrogens is 3. The Morgan fingerprint density at radius 2 is 1.85 bits per heavy atom. The van der Waals surface area contributed by atoms with E-state index in [-0.39, 0.29) is 12.5 Å². The van der Waals surface area contributed by atoms with Gasteiger partial charge in [0.05, 0.1) is 18.4 Å². The number of amides is 1. The number of nitrogens with one attached hydrogen (secondary N) is 1. The van der Waals surface area contributed by atoms with Crippen molar-refractivity contribution in [3.63, 3.8) is 0 Å². The summed E-state index contributed by atoms with van der Waals surface area (Å²) in [6, 6.07) is 21.3. The van der Waals surface area contributed by atoms with Crippen LogP contribution in [0.5, 0.6) is 0 Å². The zero-order valence-corrected chi connectivity index (χ0v) is 19.3. The van der Waals surface area contributed by atoms with E-state index in [4.69, 9.17) is 4.42 Å². The molecule has 1 amide bonds. The van der Waals surface area contributed by atoms with E-state index in [1.165, 1.54) is 6.26 Å². The molecule has 0 bridgehead atoms. The summed E-state index contributed by atoms with van der Waals surface area (Å²) in [5.74, 6) is 0.336. The van der Waals surface area contributed by atoms with E-state index in [0.29, 0.717) is 12.4 Å². The Hall–Kier alpha value is -3.88. The van der Waals surface area contributed by atoms with Gasteiger partial charge in [-0.1, -0.05) is 24.3 Å². The minimum atomic E-state index is -1.00. The Balaban J connectivity index is 1.26. The summed E-state index contributed by atoms with van der Waals surface area (Å²) in [4.78, 5) is 22.3. The van der Waals surface area contributed by atoms with Gasteiger partial charge in [-0.15, -0.1) is 0 Å². The quantitative estimate of drug-likeness (QED) is 0.356. The molecule has 0 aliphatic heterocycles. The minimum absolute atomic E-state index is 0.133. The van der Waals surface area contributed by atoms with E-state index in [2.05, 4.69) is 15.3 Å². The summed E-state index contributed by atoms with van der Waals surface area (Å²) in [6.07, 6.45) is 6.55. The van der Waals surface area contributed by atoms with Gasteiger partial charge in [0.2, 0.25) is 11.8 Å². The van der Waals surface area contributed by atoms with Crippen molar-refractivity contribution in [2.45, 2.75) is 18.0 Å². The number of oxazole rings is 1. The van der Waals surface area contributed by atoms with E-state index >= 15 is 0 Å². The zero-order chi connectivity index (χ0) is 23.5. The number of fused-ring (bicyclic) bond motifs is 1. The van der Waals surface area contributed by atoms with Gasteiger partial charge in [-0.25, -0.2) is 4.98 Å². The van der Waals surface area contributed by atoms with Gasteiger partial charge in [0, 0.05) is 22.7 Å². The fraction of sp³-hybridized carbons (Fsp3) is 0.115. The van der Waals surface area contributed by atoms with Crippen LogP contribution in [0.2, 0.25) is 0 Å². The molecule has 0 radical (unpaired) electrons. The number of para-hydroxylation sites is 1. The highest BCUT2D eigenvalue weighted by Crippen LogP contribution is 2.27. The molecule has 0 saturated carbocycles. The summed E-state index contributed by atoms with van der Waals surface area (Å²) in [5, 5.41) is 3.96. The molecule has 1 N–H and O–H groups in total. The molecule has 0 aliphatic carbocycles. The van der Waals surface area contributed by atoms with Gasteiger partial charge in [-0.2, -0.15) is 0 Å². The highest BCUT2D eigenvalue weighted by Gasteiger charge is 2.16. The molecule has 0 aliphatic rings. The Bertz CT molecular complexity index is 1410. The standard InChI is InChI=1S/C26H22N4O3S/c1-34(32)22-10-7-18(8-11-22)20-6-9-21(28-15-20)16-29-25(31)17-30-23-5-3-2-4-19(23)14-24(30)26-27-12-13-33-26/h2-15H,16-17H2,1H3,(H,29,31). The van der Waals surface area contributed by atoms with Gasteiger partial charge in [0.25, 0.3) is 0 Å². The second-order valence-corrected chi connectivity index (χ2v) is 9.18. The van der Waals surface area contributed by atoms with Crippen molar-refractivity contribution in [3.8, 4) is 22.7 Å². The molecule has 170 valence electrons. The Kier molecular flexibility index (Phi) is 6.16. The van der Waals surface area contributed by atoms with Gasteiger partial charge >= 0.3 is 0 Å². The number of carbonyl (C=O) groups excluding carboxylic acids is 1. The van der Waals surface area contributed by atoms with E-state index in [1.54, 1.807) is 18.6 Å². The van der Waals surface area contributed by atoms with Gasteiger partial charge < -0.3 is 18.9 Å². The first-order chi connectivity index (χ1) is 16.6. The number of pyridine rings is 1. The number of rotatable bonds is 7. The average Bonchev–Trinajstić information content (AvgIpc) is 3.52. The molecule has 0 spiro atoms. The van der Waals surface area contributed by atoms with Crippen molar-refractivity contribution in [3.05, 3.63) is 91.1 Å². The number of hydrogen-bond acceptors (Lipinski definition) is 5. The van der Waals surface area contributed by atoms with E-state index in [9.17, 15) is 9.35 Å². The van der Waals surface area contributed by atoms with Crippen LogP contribution in [0.4, 0.5) is 0 Å². The molecular weight excluding hydrogens is 448 g/mol. The molecule has 34 heavy (non-hydrogen) atoms. The lowest BCUT2D eigenvalue weighted by atomic mass is 10.1. The van der Waals surface area contributed by atoms with Crippen LogP contribution in [-0.2, 0) is 29.1 Å². The normalized spacial score (nSPS) is 12.1. The Morgan fingerprint density at radius 1 is 1.06 bits per heavy atom. The molecular formula is C26H22N4O3S. The number of carbonyl (C=O) groups is 1. The maximum Gasteiger partial charge on any atom is 0.243 e. The van der Waals surface area contributed by atoms with Crippen LogP contribution in [-0.4, -0.2) is 31.3 Å². The highest BCUT2D eigenvalue weighted by atomic mass is 32.2. The fourth-order valence-electron chi connectivity index (χ4n) is 3.84. The maximum absolute atomic E-state index is 12.8. The summed E-state index contributed by atoms with van der Waals surface area (Å²) in [5.41, 5.74) is 4.40. The van der Waals surface area contributed by atoms with Crippen LogP contribution in [0.15, 0.2) is 94.7 Å². The highest BCUT2D eigenvalue weighted by molar-refractivity contribution is 7.90. The zero-order valence-electron chi connectivity index (χ0n) is 18.5. The van der Waals surface area contributed by atoms with Gasteiger partial charge in [0.15, 0.2) is 4.90 Å². The molecule has 1 unspecified atom stereocenters. The lowest BCUT2D eigenvalue weighted by molar-refractivity contribution is -0.121. The predicted molar refractivity (Wildman–Crippen MR) is 131 cm³/mol. The second-order valence-electron chi connectivity index (χ2n) is 7.81. The minimum Gasteiger partial charge on any atom is -0.612 e. The third-order valence-electron chi connectivity index (χ3n) is 5.57. The van der Waals surface area contributed by atoms with E-state index in [0.717, 1.165) is 38.3 Å². The van der Waals surface area contributed by atoms with Crippen molar-refractivity contribution < 1.29 is 13.8 Å². The molecule has 7 nitrogen and oxygen atoms in total. The predicted octanol–water partition coefficient (Wildman–Crippen LogP) is 4.41. The molecule has 8 heteroatoms. The van der Waals surface area contributed by atoms with Crippen molar-refractivity contribution in [2.24, 2.45) is 0 Å². The molecule has 5 aromatic rings. The van der Waals surface area contributed by atoms with Gasteiger partial charge in [-0.3, -0.25) is 9.78 Å². The number of nitrogens with zero attached hydrogens (tertiary/aromatic N) is 3. The van der Waals surface area contributed by atoms with Crippen molar-refractivity contribution in [2.75, 3.05) is 6.26 Å². The van der Waals surface area contributed by atoms with Crippen molar-refractivity contribution >= 4 is 28.0 Å². The molecule has 3 aromatic heterocycles. The largest absolute Gasteiger partial charge is 0.612 e. The first-order valence-corrected chi connectivity index (χ1v) is 12.3. The molecule has 3 heterocycles. The SMILES string of the molecule is C[S+]([O-])c1ccc(-c2ccc(CNC(=O)Cn3c(-c4ncco4)cc4ccccc43)nc2)cc1. The van der Waals surface area contributed by atoms with E-state index in [1.807, 2.05) is 71.3 Å². The van der Waals surface area contributed by atoms with Crippen LogP contribution >= 0.6 is 0 Å². The lowest BCUT2D eigenvalue weighted by Crippen LogP contribution is -2.27. The van der Waals surface area contributed by atoms with E-state index < -0.39 is 11.2 Å². The monoisotopic (exact) mass is 470 g/mol. The summed E-state index contributed by atoms with van der Waals surface area (Å²) in [7, 11) is 0. The Morgan fingerprint density at radius 3 is 2.56 bits per heavy atom. The fourth-order valence-corrected chi connectivity index (χ4v) is 4.35. The van der Waals surface area contributed by atoms with Crippen LogP contribution in [0, 0.1) is 0 Å². The molecule has 0 saturated heterocycles. The first kappa shape index (κ1) is 21.9. The summed E-state index contributed by atoms with van der Waals surface area (Å²) in [6.45, 7) is 0.453. The van der Waals surface area contributed by atoms with Gasteiger partial charge in [-0.05, 0) is 59.2 Å². The Labute approximate surface area is 199 Å². The average molecular weight is 471 g/mol. The molecule has 0 fully saturated rings. The summed E-state index contributed by atoms with van der Waals surface area (Å²) < 4.78 is 18.9. The molecule has 1 atom stereocenters. The van der Waals surface area contributed by atoms with Crippen LogP contribution < -0.4 is 5.32 Å². The third kappa shape index (κ3) is 4.59. The molecule has 2 aromatic carbocycles. The lowest BCUT2D eigenvalue weighted by Gasteiger charge is -2.10. The van der Waals surface area contributed by atoms with Crippen molar-refractivity contribution in [1.29, 1.82) is 0 Å². The second kappa shape index (κ2) is 9.54. The number of benzene rings is 2. The third-order valence-corrected chi connectivity index (χ3v) is 6.51. The molecule has 5 rings (SSSR count). The van der Waals surface area contributed by atoms with Crippen LogP contribution in [0.1, 0.15) is 5.69 Å². The van der Waals surface area contributed by atoms with Gasteiger partial charge in [0.1, 0.15) is 24.8 Å². The smallest absolute Gasteiger partial charge is 0.243 e. The summed E-state index contributed by atoms with van der Waals surface area (Å²) >= 11 is -1.00. The van der Waals surface area contributed by atoms with Crippen molar-refractivity contribution in [1.82, 2.24) is 19.9 Å². The number of hydrogen-bond donors (Lipinski definition) is 1. The van der Waals surface area contributed by atoms with Crippen LogP contribution in [0.25, 0.3) is 33.6 Å². The first-order valence-electron chi connectivity index (χ1n) is 10.7.